The number of fused-ring (bicyclic) bond motifs is 1. The van der Waals surface area contributed by atoms with E-state index in [9.17, 15) is 4.79 Å². The normalized spacial score (nSPS) is 12.8. The SMILES string of the molecule is N#Cc1cccc2cc(C(=O)N(CCN)CC3CC3)[nH]c12.O=CO. The highest BCUT2D eigenvalue weighted by Gasteiger charge is 2.27. The van der Waals surface area contributed by atoms with Crippen molar-refractivity contribution in [3.05, 3.63) is 35.5 Å². The van der Waals surface area contributed by atoms with Crippen molar-refractivity contribution < 1.29 is 14.7 Å². The zero-order chi connectivity index (χ0) is 17.5. The van der Waals surface area contributed by atoms with E-state index in [0.717, 1.165) is 17.4 Å². The van der Waals surface area contributed by atoms with Crippen molar-refractivity contribution in [1.82, 2.24) is 9.88 Å². The first-order chi connectivity index (χ1) is 11.6. The number of amides is 1. The van der Waals surface area contributed by atoms with Gasteiger partial charge in [-0.25, -0.2) is 0 Å². The Morgan fingerprint density at radius 1 is 1.50 bits per heavy atom. The summed E-state index contributed by atoms with van der Waals surface area (Å²) in [4.78, 5) is 25.9. The fraction of sp³-hybridized carbons (Fsp3) is 0.353. The van der Waals surface area contributed by atoms with Gasteiger partial charge in [0.05, 0.1) is 11.1 Å². The van der Waals surface area contributed by atoms with E-state index >= 15 is 0 Å². The first-order valence-electron chi connectivity index (χ1n) is 7.73. The second-order valence-electron chi connectivity index (χ2n) is 5.65. The Hall–Kier alpha value is -2.85. The first-order valence-corrected chi connectivity index (χ1v) is 7.73. The number of carbonyl (C=O) groups is 2. The number of nitrogens with one attached hydrogen (secondary N) is 1. The predicted octanol–water partition coefficient (Wildman–Crippen LogP) is 1.55. The highest BCUT2D eigenvalue weighted by molar-refractivity contribution is 5.99. The van der Waals surface area contributed by atoms with Gasteiger partial charge in [-0.3, -0.25) is 9.59 Å². The van der Waals surface area contributed by atoms with E-state index in [0.29, 0.717) is 30.3 Å². The maximum atomic E-state index is 12.6. The summed E-state index contributed by atoms with van der Waals surface area (Å²) in [7, 11) is 0. The number of rotatable bonds is 5. The monoisotopic (exact) mass is 328 g/mol. The summed E-state index contributed by atoms with van der Waals surface area (Å²) < 4.78 is 0. The number of nitrogens with zero attached hydrogens (tertiary/aromatic N) is 2. The zero-order valence-electron chi connectivity index (χ0n) is 13.2. The van der Waals surface area contributed by atoms with Crippen LogP contribution < -0.4 is 5.73 Å². The molecule has 126 valence electrons. The molecule has 3 rings (SSSR count). The van der Waals surface area contributed by atoms with Gasteiger partial charge in [-0.1, -0.05) is 12.1 Å². The molecule has 4 N–H and O–H groups in total. The Morgan fingerprint density at radius 2 is 2.21 bits per heavy atom. The third kappa shape index (κ3) is 4.12. The van der Waals surface area contributed by atoms with Gasteiger partial charge in [0.15, 0.2) is 0 Å². The van der Waals surface area contributed by atoms with Crippen LogP contribution in [0.25, 0.3) is 10.9 Å². The number of carbonyl (C=O) groups excluding carboxylic acids is 1. The molecular formula is C17H20N4O3. The van der Waals surface area contributed by atoms with Crippen LogP contribution in [-0.2, 0) is 4.79 Å². The minimum Gasteiger partial charge on any atom is -0.483 e. The molecule has 1 fully saturated rings. The van der Waals surface area contributed by atoms with E-state index in [1.54, 1.807) is 6.07 Å². The highest BCUT2D eigenvalue weighted by atomic mass is 16.3. The lowest BCUT2D eigenvalue weighted by Gasteiger charge is -2.21. The molecule has 1 amide bonds. The maximum Gasteiger partial charge on any atom is 0.290 e. The van der Waals surface area contributed by atoms with Crippen molar-refractivity contribution in [3.63, 3.8) is 0 Å². The number of hydrogen-bond acceptors (Lipinski definition) is 4. The number of benzene rings is 1. The largest absolute Gasteiger partial charge is 0.483 e. The summed E-state index contributed by atoms with van der Waals surface area (Å²) in [6, 6.07) is 9.43. The van der Waals surface area contributed by atoms with Crippen molar-refractivity contribution in [2.24, 2.45) is 11.7 Å². The van der Waals surface area contributed by atoms with Crippen LogP contribution in [0.4, 0.5) is 0 Å². The number of nitrogens with two attached hydrogens (primary N) is 1. The van der Waals surface area contributed by atoms with Crippen molar-refractivity contribution in [1.29, 1.82) is 5.26 Å². The van der Waals surface area contributed by atoms with Crippen molar-refractivity contribution in [2.75, 3.05) is 19.6 Å². The molecule has 1 aromatic carbocycles. The minimum absolute atomic E-state index is 0.0348. The quantitative estimate of drug-likeness (QED) is 0.719. The molecule has 7 nitrogen and oxygen atoms in total. The maximum absolute atomic E-state index is 12.6. The topological polar surface area (TPSA) is 123 Å². The summed E-state index contributed by atoms with van der Waals surface area (Å²) in [5.41, 5.74) is 7.42. The van der Waals surface area contributed by atoms with Crippen LogP contribution in [0.5, 0.6) is 0 Å². The molecule has 1 aliphatic rings. The fourth-order valence-corrected chi connectivity index (χ4v) is 2.58. The molecular weight excluding hydrogens is 308 g/mol. The Balaban J connectivity index is 0.000000647. The van der Waals surface area contributed by atoms with Crippen LogP contribution in [0.2, 0.25) is 0 Å². The Morgan fingerprint density at radius 3 is 2.79 bits per heavy atom. The van der Waals surface area contributed by atoms with Gasteiger partial charge in [0.25, 0.3) is 12.4 Å². The van der Waals surface area contributed by atoms with E-state index in [1.165, 1.54) is 12.8 Å². The van der Waals surface area contributed by atoms with Crippen molar-refractivity contribution in [2.45, 2.75) is 12.8 Å². The van der Waals surface area contributed by atoms with E-state index in [2.05, 4.69) is 11.1 Å². The molecule has 1 saturated carbocycles. The molecule has 0 bridgehead atoms. The number of nitriles is 1. The van der Waals surface area contributed by atoms with Gasteiger partial charge in [-0.2, -0.15) is 5.26 Å². The van der Waals surface area contributed by atoms with Crippen LogP contribution in [0.1, 0.15) is 28.9 Å². The molecule has 0 aliphatic heterocycles. The van der Waals surface area contributed by atoms with Gasteiger partial charge < -0.3 is 20.7 Å². The number of aromatic nitrogens is 1. The summed E-state index contributed by atoms with van der Waals surface area (Å²) in [5.74, 6) is 0.590. The number of H-pyrrole nitrogens is 1. The van der Waals surface area contributed by atoms with E-state index in [1.807, 2.05) is 23.1 Å². The van der Waals surface area contributed by atoms with Gasteiger partial charge in [0.1, 0.15) is 11.8 Å². The summed E-state index contributed by atoms with van der Waals surface area (Å²) in [6.45, 7) is 1.55. The lowest BCUT2D eigenvalue weighted by atomic mass is 10.1. The van der Waals surface area contributed by atoms with Gasteiger partial charge in [0, 0.05) is 25.0 Å². The molecule has 7 heteroatoms. The van der Waals surface area contributed by atoms with Crippen LogP contribution in [0.15, 0.2) is 24.3 Å². The van der Waals surface area contributed by atoms with E-state index in [-0.39, 0.29) is 12.4 Å². The third-order valence-electron chi connectivity index (χ3n) is 3.87. The van der Waals surface area contributed by atoms with Gasteiger partial charge in [-0.15, -0.1) is 0 Å². The van der Waals surface area contributed by atoms with Crippen LogP contribution >= 0.6 is 0 Å². The van der Waals surface area contributed by atoms with Crippen LogP contribution in [0, 0.1) is 17.2 Å². The molecule has 0 radical (unpaired) electrons. The summed E-state index contributed by atoms with van der Waals surface area (Å²) in [5, 5.41) is 16.9. The zero-order valence-corrected chi connectivity index (χ0v) is 13.2. The van der Waals surface area contributed by atoms with Gasteiger partial charge in [0.2, 0.25) is 0 Å². The van der Waals surface area contributed by atoms with Gasteiger partial charge >= 0.3 is 0 Å². The predicted molar refractivity (Wildman–Crippen MR) is 89.4 cm³/mol. The van der Waals surface area contributed by atoms with Crippen LogP contribution in [0.3, 0.4) is 0 Å². The van der Waals surface area contributed by atoms with Crippen LogP contribution in [-0.4, -0.2) is 47.0 Å². The van der Waals surface area contributed by atoms with Gasteiger partial charge in [-0.05, 0) is 30.9 Å². The average molecular weight is 328 g/mol. The molecule has 0 saturated heterocycles. The molecule has 1 aliphatic carbocycles. The Labute approximate surface area is 139 Å². The average Bonchev–Trinajstić information content (AvgIpc) is 3.29. The minimum atomic E-state index is -0.250. The number of para-hydroxylation sites is 1. The van der Waals surface area contributed by atoms with E-state index in [4.69, 9.17) is 20.9 Å². The summed E-state index contributed by atoms with van der Waals surface area (Å²) >= 11 is 0. The number of carboxylic acid groups (broad SMARTS) is 1. The highest BCUT2D eigenvalue weighted by Crippen LogP contribution is 2.30. The smallest absolute Gasteiger partial charge is 0.290 e. The van der Waals surface area contributed by atoms with E-state index < -0.39 is 0 Å². The lowest BCUT2D eigenvalue weighted by Crippen LogP contribution is -2.37. The van der Waals surface area contributed by atoms with Crippen molar-refractivity contribution >= 4 is 23.3 Å². The molecule has 0 atom stereocenters. The number of aromatic amines is 1. The molecule has 0 spiro atoms. The second-order valence-corrected chi connectivity index (χ2v) is 5.65. The molecule has 1 heterocycles. The molecule has 2 aromatic rings. The molecule has 1 aromatic heterocycles. The molecule has 24 heavy (non-hydrogen) atoms. The lowest BCUT2D eigenvalue weighted by molar-refractivity contribution is -0.122. The third-order valence-corrected chi connectivity index (χ3v) is 3.87. The second kappa shape index (κ2) is 8.13. The Kier molecular flexibility index (Phi) is 5.93. The molecule has 0 unspecified atom stereocenters. The Bertz CT molecular complexity index is 759. The number of hydrogen-bond donors (Lipinski definition) is 3. The summed E-state index contributed by atoms with van der Waals surface area (Å²) in [6.07, 6.45) is 2.39. The fourth-order valence-electron chi connectivity index (χ4n) is 2.58. The van der Waals surface area contributed by atoms with Crippen molar-refractivity contribution in [3.8, 4) is 6.07 Å². The standard InChI is InChI=1S/C16H18N4O.CH2O2/c17-6-7-20(10-11-4-5-11)16(21)14-8-12-2-1-3-13(9-18)15(12)19-14;2-1-3/h1-3,8,11,19H,4-7,10,17H2;1H,(H,2,3). The first kappa shape index (κ1) is 17.5.